The molecule has 1 fully saturated rings. The maximum absolute atomic E-state index is 11.5. The van der Waals surface area contributed by atoms with Crippen molar-refractivity contribution in [3.8, 4) is 0 Å². The quantitative estimate of drug-likeness (QED) is 0.832. The average molecular weight is 250 g/mol. The van der Waals surface area contributed by atoms with Crippen LogP contribution in [0.1, 0.15) is 38.7 Å². The molecule has 2 atom stereocenters. The third-order valence-corrected chi connectivity index (χ3v) is 2.55. The Bertz CT molecular complexity index is 438. The summed E-state index contributed by atoms with van der Waals surface area (Å²) in [5.41, 5.74) is 6.22. The first kappa shape index (κ1) is 12.8. The molecular weight excluding hydrogens is 232 g/mol. The predicted octanol–water partition coefficient (Wildman–Crippen LogP) is 1.64. The van der Waals surface area contributed by atoms with Gasteiger partial charge >= 0.3 is 6.09 Å². The molecule has 0 unspecified atom stereocenters. The Balaban J connectivity index is 1.92. The Morgan fingerprint density at radius 1 is 1.44 bits per heavy atom. The van der Waals surface area contributed by atoms with Gasteiger partial charge in [-0.15, -0.1) is 0 Å². The van der Waals surface area contributed by atoms with Gasteiger partial charge in [-0.2, -0.15) is 0 Å². The number of carbonyl (C=O) groups excluding carboxylic acids is 1. The highest BCUT2D eigenvalue weighted by Gasteiger charge is 2.35. The SMILES string of the molecule is CC(C)(C)OC(=O)Nc1ncc([C@@H]2C[C@H]2N)cn1. The first-order valence-corrected chi connectivity index (χ1v) is 5.93. The topological polar surface area (TPSA) is 90.1 Å². The minimum absolute atomic E-state index is 0.221. The Morgan fingerprint density at radius 3 is 2.44 bits per heavy atom. The lowest BCUT2D eigenvalue weighted by molar-refractivity contribution is 0.0634. The highest BCUT2D eigenvalue weighted by molar-refractivity contribution is 5.82. The van der Waals surface area contributed by atoms with E-state index in [2.05, 4.69) is 15.3 Å². The summed E-state index contributed by atoms with van der Waals surface area (Å²) in [6.07, 6.45) is 3.80. The number of anilines is 1. The van der Waals surface area contributed by atoms with Gasteiger partial charge in [0, 0.05) is 24.4 Å². The van der Waals surface area contributed by atoms with Gasteiger partial charge < -0.3 is 10.5 Å². The molecule has 1 amide bonds. The summed E-state index contributed by atoms with van der Waals surface area (Å²) in [6.45, 7) is 5.39. The third-order valence-electron chi connectivity index (χ3n) is 2.55. The number of aromatic nitrogens is 2. The average Bonchev–Trinajstić information content (AvgIpc) is 2.93. The van der Waals surface area contributed by atoms with E-state index >= 15 is 0 Å². The van der Waals surface area contributed by atoms with E-state index < -0.39 is 11.7 Å². The smallest absolute Gasteiger partial charge is 0.414 e. The first-order valence-electron chi connectivity index (χ1n) is 5.93. The number of nitrogens with one attached hydrogen (secondary N) is 1. The van der Waals surface area contributed by atoms with Crippen molar-refractivity contribution in [3.05, 3.63) is 18.0 Å². The van der Waals surface area contributed by atoms with Crippen LogP contribution in [0, 0.1) is 0 Å². The van der Waals surface area contributed by atoms with E-state index in [1.54, 1.807) is 33.2 Å². The normalized spacial score (nSPS) is 22.4. The second kappa shape index (κ2) is 4.53. The zero-order valence-corrected chi connectivity index (χ0v) is 10.8. The maximum atomic E-state index is 11.5. The molecule has 18 heavy (non-hydrogen) atoms. The van der Waals surface area contributed by atoms with Gasteiger partial charge in [-0.25, -0.2) is 14.8 Å². The van der Waals surface area contributed by atoms with Crippen LogP contribution in [0.15, 0.2) is 12.4 Å². The number of amides is 1. The monoisotopic (exact) mass is 250 g/mol. The van der Waals surface area contributed by atoms with Crippen molar-refractivity contribution in [1.29, 1.82) is 0 Å². The number of rotatable bonds is 2. The van der Waals surface area contributed by atoms with Crippen LogP contribution in [0.5, 0.6) is 0 Å². The molecule has 1 saturated carbocycles. The molecule has 6 heteroatoms. The number of nitrogens with zero attached hydrogens (tertiary/aromatic N) is 2. The molecular formula is C12H18N4O2. The van der Waals surface area contributed by atoms with Crippen LogP contribution in [0.4, 0.5) is 10.7 Å². The number of hydrogen-bond donors (Lipinski definition) is 2. The molecule has 0 bridgehead atoms. The van der Waals surface area contributed by atoms with Crippen LogP contribution in [-0.4, -0.2) is 27.7 Å². The fraction of sp³-hybridized carbons (Fsp3) is 0.583. The molecule has 0 aromatic carbocycles. The number of nitrogens with two attached hydrogens (primary N) is 1. The Morgan fingerprint density at radius 2 is 2.00 bits per heavy atom. The van der Waals surface area contributed by atoms with Gasteiger partial charge in [-0.3, -0.25) is 5.32 Å². The molecule has 0 radical (unpaired) electrons. The van der Waals surface area contributed by atoms with Crippen molar-refractivity contribution >= 4 is 12.0 Å². The molecule has 3 N–H and O–H groups in total. The highest BCUT2D eigenvalue weighted by atomic mass is 16.6. The molecule has 98 valence electrons. The molecule has 1 aliphatic carbocycles. The van der Waals surface area contributed by atoms with Gasteiger partial charge in [0.15, 0.2) is 0 Å². The fourth-order valence-electron chi connectivity index (χ4n) is 1.59. The minimum Gasteiger partial charge on any atom is -0.444 e. The van der Waals surface area contributed by atoms with E-state index in [4.69, 9.17) is 10.5 Å². The Hall–Kier alpha value is -1.69. The lowest BCUT2D eigenvalue weighted by atomic mass is 10.2. The second-order valence-corrected chi connectivity index (χ2v) is 5.47. The first-order chi connectivity index (χ1) is 8.35. The molecule has 2 rings (SSSR count). The zero-order valence-electron chi connectivity index (χ0n) is 10.8. The van der Waals surface area contributed by atoms with Gasteiger partial charge in [-0.1, -0.05) is 0 Å². The van der Waals surface area contributed by atoms with Gasteiger partial charge in [0.25, 0.3) is 0 Å². The Labute approximate surface area is 106 Å². The van der Waals surface area contributed by atoms with Gasteiger partial charge in [0.2, 0.25) is 5.95 Å². The van der Waals surface area contributed by atoms with Crippen LogP contribution in [0.25, 0.3) is 0 Å². The zero-order chi connectivity index (χ0) is 13.3. The fourth-order valence-corrected chi connectivity index (χ4v) is 1.59. The minimum atomic E-state index is -0.557. The number of ether oxygens (including phenoxy) is 1. The second-order valence-electron chi connectivity index (χ2n) is 5.47. The molecule has 1 aromatic heterocycles. The van der Waals surface area contributed by atoms with Crippen LogP contribution >= 0.6 is 0 Å². The van der Waals surface area contributed by atoms with Crippen molar-refractivity contribution in [2.75, 3.05) is 5.32 Å². The summed E-state index contributed by atoms with van der Waals surface area (Å²) in [5, 5.41) is 2.48. The maximum Gasteiger partial charge on any atom is 0.414 e. The molecule has 0 spiro atoms. The van der Waals surface area contributed by atoms with Crippen molar-refractivity contribution in [2.45, 2.75) is 44.8 Å². The molecule has 6 nitrogen and oxygen atoms in total. The largest absolute Gasteiger partial charge is 0.444 e. The number of carbonyl (C=O) groups is 1. The Kier molecular flexibility index (Phi) is 3.21. The number of hydrogen-bond acceptors (Lipinski definition) is 5. The van der Waals surface area contributed by atoms with Gasteiger partial charge in [0.1, 0.15) is 5.60 Å². The van der Waals surface area contributed by atoms with Gasteiger partial charge in [-0.05, 0) is 32.8 Å². The van der Waals surface area contributed by atoms with Crippen molar-refractivity contribution in [2.24, 2.45) is 5.73 Å². The highest BCUT2D eigenvalue weighted by Crippen LogP contribution is 2.38. The molecule has 0 aliphatic heterocycles. The van der Waals surface area contributed by atoms with E-state index in [0.717, 1.165) is 12.0 Å². The standard InChI is InChI=1S/C12H18N4O2/c1-12(2,3)18-11(17)16-10-14-5-7(6-15-10)8-4-9(8)13/h5-6,8-9H,4,13H2,1-3H3,(H,14,15,16,17)/t8-,9+/m0/s1. The van der Waals surface area contributed by atoms with E-state index in [9.17, 15) is 4.79 Å². The van der Waals surface area contributed by atoms with E-state index in [1.165, 1.54) is 0 Å². The summed E-state index contributed by atoms with van der Waals surface area (Å²) < 4.78 is 5.10. The predicted molar refractivity (Wildman–Crippen MR) is 67.2 cm³/mol. The third kappa shape index (κ3) is 3.40. The van der Waals surface area contributed by atoms with Crippen LogP contribution < -0.4 is 11.1 Å². The van der Waals surface area contributed by atoms with E-state index in [1.807, 2.05) is 0 Å². The molecule has 1 aliphatic rings. The van der Waals surface area contributed by atoms with E-state index in [0.29, 0.717) is 5.92 Å². The van der Waals surface area contributed by atoms with E-state index in [-0.39, 0.29) is 12.0 Å². The molecule has 0 saturated heterocycles. The van der Waals surface area contributed by atoms with Crippen LogP contribution in [-0.2, 0) is 4.74 Å². The summed E-state index contributed by atoms with van der Waals surface area (Å²) in [4.78, 5) is 19.6. The van der Waals surface area contributed by atoms with Crippen molar-refractivity contribution in [3.63, 3.8) is 0 Å². The molecule has 1 aromatic rings. The van der Waals surface area contributed by atoms with Gasteiger partial charge in [0.05, 0.1) is 0 Å². The lowest BCUT2D eigenvalue weighted by Gasteiger charge is -2.19. The van der Waals surface area contributed by atoms with Crippen LogP contribution in [0.2, 0.25) is 0 Å². The summed E-state index contributed by atoms with van der Waals surface area (Å²) in [7, 11) is 0. The summed E-state index contributed by atoms with van der Waals surface area (Å²) in [6, 6.07) is 0.221. The molecule has 1 heterocycles. The summed E-state index contributed by atoms with van der Waals surface area (Å²) in [5.74, 6) is 0.600. The van der Waals surface area contributed by atoms with Crippen molar-refractivity contribution in [1.82, 2.24) is 9.97 Å². The summed E-state index contributed by atoms with van der Waals surface area (Å²) >= 11 is 0. The van der Waals surface area contributed by atoms with Crippen molar-refractivity contribution < 1.29 is 9.53 Å². The lowest BCUT2D eigenvalue weighted by Crippen LogP contribution is -2.27. The van der Waals surface area contributed by atoms with Crippen LogP contribution in [0.3, 0.4) is 0 Å².